The maximum Gasteiger partial charge on any atom is 0.227 e. The van der Waals surface area contributed by atoms with E-state index < -0.39 is 5.82 Å². The van der Waals surface area contributed by atoms with Crippen LogP contribution in [0.2, 0.25) is 0 Å². The third-order valence-corrected chi connectivity index (χ3v) is 5.74. The molecule has 7 heteroatoms. The molecule has 3 aromatic rings. The van der Waals surface area contributed by atoms with Crippen LogP contribution in [-0.2, 0) is 0 Å². The van der Waals surface area contributed by atoms with Gasteiger partial charge in [-0.2, -0.15) is 0 Å². The van der Waals surface area contributed by atoms with Crippen molar-refractivity contribution in [2.24, 2.45) is 5.92 Å². The van der Waals surface area contributed by atoms with E-state index in [2.05, 4.69) is 34.0 Å². The molecule has 33 heavy (non-hydrogen) atoms. The Bertz CT molecular complexity index is 1040. The van der Waals surface area contributed by atoms with E-state index in [4.69, 9.17) is 9.47 Å². The van der Waals surface area contributed by atoms with Crippen LogP contribution in [0.3, 0.4) is 0 Å². The van der Waals surface area contributed by atoms with Crippen LogP contribution in [-0.4, -0.2) is 47.7 Å². The van der Waals surface area contributed by atoms with E-state index in [1.165, 1.54) is 18.9 Å². The van der Waals surface area contributed by atoms with Crippen LogP contribution < -0.4 is 14.8 Å². The van der Waals surface area contributed by atoms with Gasteiger partial charge in [0.05, 0.1) is 12.3 Å². The standard InChI is InChI=1S/C26H31FN4O2/c1-3-31(4-2)15-16-32-25-17-21(9-12-23(25)27)29-26-28-14-13-24(30-26)20-7-10-22(11-8-20)33-18-19-5-6-19/h7-14,17,19H,3-6,15-16,18H2,1-2H3,(H,28,29,30). The van der Waals surface area contributed by atoms with Crippen molar-refractivity contribution >= 4 is 11.6 Å². The Labute approximate surface area is 194 Å². The van der Waals surface area contributed by atoms with Crippen LogP contribution >= 0.6 is 0 Å². The summed E-state index contributed by atoms with van der Waals surface area (Å²) in [5.74, 6) is 1.85. The number of anilines is 2. The number of hydrogen-bond donors (Lipinski definition) is 1. The lowest BCUT2D eigenvalue weighted by Crippen LogP contribution is -2.28. The predicted octanol–water partition coefficient (Wildman–Crippen LogP) is 5.54. The second kappa shape index (κ2) is 11.1. The Kier molecular flexibility index (Phi) is 7.73. The lowest BCUT2D eigenvalue weighted by atomic mass is 10.1. The molecule has 174 valence electrons. The highest BCUT2D eigenvalue weighted by Gasteiger charge is 2.21. The van der Waals surface area contributed by atoms with E-state index >= 15 is 0 Å². The van der Waals surface area contributed by atoms with Crippen LogP contribution in [0, 0.1) is 11.7 Å². The topological polar surface area (TPSA) is 59.5 Å². The fourth-order valence-corrected chi connectivity index (χ4v) is 3.45. The first-order valence-corrected chi connectivity index (χ1v) is 11.6. The molecule has 2 aromatic carbocycles. The fraction of sp³-hybridized carbons (Fsp3) is 0.385. The van der Waals surface area contributed by atoms with Gasteiger partial charge in [0.2, 0.25) is 5.95 Å². The summed E-state index contributed by atoms with van der Waals surface area (Å²) < 4.78 is 25.7. The van der Waals surface area contributed by atoms with Gasteiger partial charge in [0.1, 0.15) is 12.4 Å². The maximum absolute atomic E-state index is 14.2. The molecule has 0 spiro atoms. The first kappa shape index (κ1) is 23.0. The summed E-state index contributed by atoms with van der Waals surface area (Å²) in [4.78, 5) is 11.1. The summed E-state index contributed by atoms with van der Waals surface area (Å²) in [6, 6.07) is 14.5. The normalized spacial score (nSPS) is 13.2. The second-order valence-electron chi connectivity index (χ2n) is 8.19. The molecule has 0 bridgehead atoms. The minimum atomic E-state index is -0.390. The number of rotatable bonds is 12. The van der Waals surface area contributed by atoms with Crippen molar-refractivity contribution in [2.45, 2.75) is 26.7 Å². The van der Waals surface area contributed by atoms with Crippen molar-refractivity contribution in [1.29, 1.82) is 0 Å². The molecule has 1 N–H and O–H groups in total. The third-order valence-electron chi connectivity index (χ3n) is 5.74. The average molecular weight is 451 g/mol. The van der Waals surface area contributed by atoms with Crippen LogP contribution in [0.25, 0.3) is 11.3 Å². The lowest BCUT2D eigenvalue weighted by molar-refractivity contribution is 0.217. The van der Waals surface area contributed by atoms with Crippen molar-refractivity contribution < 1.29 is 13.9 Å². The molecular formula is C26H31FN4O2. The van der Waals surface area contributed by atoms with Crippen molar-refractivity contribution in [2.75, 3.05) is 38.2 Å². The van der Waals surface area contributed by atoms with E-state index in [0.717, 1.165) is 49.2 Å². The Morgan fingerprint density at radius 1 is 1.03 bits per heavy atom. The van der Waals surface area contributed by atoms with Gasteiger partial charge < -0.3 is 19.7 Å². The largest absolute Gasteiger partial charge is 0.493 e. The van der Waals surface area contributed by atoms with Crippen molar-refractivity contribution in [3.8, 4) is 22.8 Å². The van der Waals surface area contributed by atoms with E-state index in [1.807, 2.05) is 30.3 Å². The minimum Gasteiger partial charge on any atom is -0.493 e. The van der Waals surface area contributed by atoms with Gasteiger partial charge in [-0.1, -0.05) is 13.8 Å². The Morgan fingerprint density at radius 2 is 1.82 bits per heavy atom. The first-order valence-electron chi connectivity index (χ1n) is 11.6. The molecular weight excluding hydrogens is 419 g/mol. The van der Waals surface area contributed by atoms with Crippen LogP contribution in [0.5, 0.6) is 11.5 Å². The molecule has 0 radical (unpaired) electrons. The molecule has 0 saturated heterocycles. The average Bonchev–Trinajstić information content (AvgIpc) is 3.68. The van der Waals surface area contributed by atoms with E-state index in [9.17, 15) is 4.39 Å². The maximum atomic E-state index is 14.2. The van der Waals surface area contributed by atoms with Crippen LogP contribution in [0.15, 0.2) is 54.7 Å². The number of nitrogens with one attached hydrogen (secondary N) is 1. The number of benzene rings is 2. The van der Waals surface area contributed by atoms with Gasteiger partial charge in [0.25, 0.3) is 0 Å². The zero-order chi connectivity index (χ0) is 23.0. The predicted molar refractivity (Wildman–Crippen MR) is 129 cm³/mol. The van der Waals surface area contributed by atoms with Gasteiger partial charge in [-0.05, 0) is 74.3 Å². The molecule has 1 aromatic heterocycles. The molecule has 1 heterocycles. The Morgan fingerprint density at radius 3 is 2.55 bits per heavy atom. The van der Waals surface area contributed by atoms with E-state index in [-0.39, 0.29) is 5.75 Å². The highest BCUT2D eigenvalue weighted by atomic mass is 19.1. The van der Waals surface area contributed by atoms with Gasteiger partial charge in [-0.15, -0.1) is 0 Å². The van der Waals surface area contributed by atoms with Gasteiger partial charge in [0.15, 0.2) is 11.6 Å². The van der Waals surface area contributed by atoms with E-state index in [1.54, 1.807) is 18.3 Å². The molecule has 0 aliphatic heterocycles. The highest BCUT2D eigenvalue weighted by Crippen LogP contribution is 2.30. The summed E-state index contributed by atoms with van der Waals surface area (Å²) in [6.07, 6.45) is 4.24. The molecule has 0 unspecified atom stereocenters. The van der Waals surface area contributed by atoms with Crippen molar-refractivity contribution in [3.05, 3.63) is 60.5 Å². The second-order valence-corrected chi connectivity index (χ2v) is 8.19. The van der Waals surface area contributed by atoms with E-state index in [0.29, 0.717) is 18.2 Å². The third kappa shape index (κ3) is 6.65. The Balaban J connectivity index is 1.39. The van der Waals surface area contributed by atoms with Crippen LogP contribution in [0.1, 0.15) is 26.7 Å². The van der Waals surface area contributed by atoms with Crippen molar-refractivity contribution in [3.63, 3.8) is 0 Å². The summed E-state index contributed by atoms with van der Waals surface area (Å²) >= 11 is 0. The van der Waals surface area contributed by atoms with Gasteiger partial charge >= 0.3 is 0 Å². The fourth-order valence-electron chi connectivity index (χ4n) is 3.45. The molecule has 6 nitrogen and oxygen atoms in total. The SMILES string of the molecule is CCN(CC)CCOc1cc(Nc2nccc(-c3ccc(OCC4CC4)cc3)n2)ccc1F. The van der Waals surface area contributed by atoms with Crippen molar-refractivity contribution in [1.82, 2.24) is 14.9 Å². The monoisotopic (exact) mass is 450 g/mol. The van der Waals surface area contributed by atoms with Crippen LogP contribution in [0.4, 0.5) is 16.0 Å². The molecule has 1 saturated carbocycles. The zero-order valence-electron chi connectivity index (χ0n) is 19.3. The summed E-state index contributed by atoms with van der Waals surface area (Å²) in [7, 11) is 0. The number of halogens is 1. The van der Waals surface area contributed by atoms with Gasteiger partial charge in [0, 0.05) is 30.1 Å². The molecule has 1 aliphatic carbocycles. The Hall–Kier alpha value is -3.19. The number of aromatic nitrogens is 2. The smallest absolute Gasteiger partial charge is 0.227 e. The summed E-state index contributed by atoms with van der Waals surface area (Å²) in [5, 5.41) is 3.15. The number of likely N-dealkylation sites (N-methyl/N-ethyl adjacent to an activating group) is 1. The zero-order valence-corrected chi connectivity index (χ0v) is 19.3. The highest BCUT2D eigenvalue weighted by molar-refractivity contribution is 5.63. The molecule has 0 atom stereocenters. The molecule has 1 aliphatic rings. The minimum absolute atomic E-state index is 0.213. The molecule has 0 amide bonds. The first-order chi connectivity index (χ1) is 16.1. The number of hydrogen-bond acceptors (Lipinski definition) is 6. The lowest BCUT2D eigenvalue weighted by Gasteiger charge is -2.18. The summed E-state index contributed by atoms with van der Waals surface area (Å²) in [6.45, 7) is 8.04. The number of nitrogens with zero attached hydrogens (tertiary/aromatic N) is 3. The molecule has 4 rings (SSSR count). The van der Waals surface area contributed by atoms with Gasteiger partial charge in [-0.25, -0.2) is 14.4 Å². The summed E-state index contributed by atoms with van der Waals surface area (Å²) in [5.41, 5.74) is 2.42. The molecule has 1 fully saturated rings. The quantitative estimate of drug-likeness (QED) is 0.391. The number of ether oxygens (including phenoxy) is 2. The van der Waals surface area contributed by atoms with Gasteiger partial charge in [-0.3, -0.25) is 0 Å².